The highest BCUT2D eigenvalue weighted by Crippen LogP contribution is 2.29. The van der Waals surface area contributed by atoms with Crippen molar-refractivity contribution >= 4 is 52.6 Å². The van der Waals surface area contributed by atoms with Gasteiger partial charge < -0.3 is 10.6 Å². The third kappa shape index (κ3) is 7.14. The maximum atomic E-state index is 4.69. The molecular formula is C20H26IN5S2. The number of halogens is 1. The molecule has 0 aromatic carbocycles. The van der Waals surface area contributed by atoms with Gasteiger partial charge in [0.1, 0.15) is 0 Å². The van der Waals surface area contributed by atoms with Crippen LogP contribution in [0.5, 0.6) is 0 Å². The lowest BCUT2D eigenvalue weighted by atomic mass is 10.3. The molecule has 3 heterocycles. The van der Waals surface area contributed by atoms with Gasteiger partial charge in [-0.15, -0.1) is 46.7 Å². The molecule has 0 amide bonds. The molecule has 0 saturated carbocycles. The largest absolute Gasteiger partial charge is 0.357 e. The molecule has 3 aromatic heterocycles. The van der Waals surface area contributed by atoms with Crippen LogP contribution in [0, 0.1) is 6.92 Å². The number of thiophene rings is 1. The summed E-state index contributed by atoms with van der Waals surface area (Å²) in [5.74, 6) is 0.861. The molecule has 0 saturated heterocycles. The van der Waals surface area contributed by atoms with E-state index in [0.717, 1.165) is 54.8 Å². The Hall–Kier alpha value is -1.52. The monoisotopic (exact) mass is 527 g/mol. The van der Waals surface area contributed by atoms with E-state index in [-0.39, 0.29) is 24.0 Å². The summed E-state index contributed by atoms with van der Waals surface area (Å²) in [7, 11) is 0. The summed E-state index contributed by atoms with van der Waals surface area (Å²) in [4.78, 5) is 16.2. The molecule has 3 aromatic rings. The highest BCUT2D eigenvalue weighted by molar-refractivity contribution is 14.0. The molecule has 150 valence electrons. The Morgan fingerprint density at radius 3 is 2.75 bits per heavy atom. The molecular weight excluding hydrogens is 501 g/mol. The lowest BCUT2D eigenvalue weighted by Crippen LogP contribution is -2.38. The third-order valence-electron chi connectivity index (χ3n) is 3.91. The fourth-order valence-corrected chi connectivity index (χ4v) is 4.25. The predicted molar refractivity (Wildman–Crippen MR) is 131 cm³/mol. The second-order valence-corrected chi connectivity index (χ2v) is 8.26. The minimum atomic E-state index is 0. The van der Waals surface area contributed by atoms with E-state index < -0.39 is 0 Å². The fraction of sp³-hybridized carbons (Fsp3) is 0.350. The van der Waals surface area contributed by atoms with Gasteiger partial charge in [-0.05, 0) is 38.1 Å². The first-order valence-electron chi connectivity index (χ1n) is 9.18. The molecule has 0 spiro atoms. The lowest BCUT2D eigenvalue weighted by molar-refractivity contribution is 0.787. The maximum absolute atomic E-state index is 4.69. The van der Waals surface area contributed by atoms with E-state index in [9.17, 15) is 0 Å². The van der Waals surface area contributed by atoms with E-state index in [0.29, 0.717) is 0 Å². The van der Waals surface area contributed by atoms with Crippen molar-refractivity contribution in [1.29, 1.82) is 0 Å². The zero-order valence-corrected chi connectivity index (χ0v) is 20.1. The highest BCUT2D eigenvalue weighted by Gasteiger charge is 2.06. The molecule has 2 N–H and O–H groups in total. The van der Waals surface area contributed by atoms with Gasteiger partial charge >= 0.3 is 0 Å². The van der Waals surface area contributed by atoms with Crippen LogP contribution in [0.25, 0.3) is 10.6 Å². The van der Waals surface area contributed by atoms with Crippen LogP contribution in [-0.2, 0) is 12.8 Å². The first-order valence-corrected chi connectivity index (χ1v) is 10.9. The van der Waals surface area contributed by atoms with Gasteiger partial charge in [0.15, 0.2) is 5.96 Å². The van der Waals surface area contributed by atoms with Crippen molar-refractivity contribution in [2.24, 2.45) is 4.99 Å². The van der Waals surface area contributed by atoms with Crippen LogP contribution in [0.1, 0.15) is 22.5 Å². The van der Waals surface area contributed by atoms with Crippen molar-refractivity contribution < 1.29 is 0 Å². The Labute approximate surface area is 191 Å². The molecule has 0 bridgehead atoms. The van der Waals surface area contributed by atoms with Gasteiger partial charge in [0.05, 0.1) is 15.6 Å². The normalized spacial score (nSPS) is 11.1. The van der Waals surface area contributed by atoms with Crippen molar-refractivity contribution in [2.45, 2.75) is 26.7 Å². The second-order valence-electron chi connectivity index (χ2n) is 6.03. The van der Waals surface area contributed by atoms with Crippen molar-refractivity contribution in [3.63, 3.8) is 0 Å². The Kier molecular flexibility index (Phi) is 9.86. The summed E-state index contributed by atoms with van der Waals surface area (Å²) < 4.78 is 0. The smallest absolute Gasteiger partial charge is 0.191 e. The molecule has 8 heteroatoms. The minimum absolute atomic E-state index is 0. The van der Waals surface area contributed by atoms with Gasteiger partial charge in [-0.1, -0.05) is 6.07 Å². The molecule has 0 aliphatic carbocycles. The van der Waals surface area contributed by atoms with Crippen molar-refractivity contribution in [3.05, 3.63) is 57.5 Å². The number of aryl methyl sites for hydroxylation is 1. The summed E-state index contributed by atoms with van der Waals surface area (Å²) >= 11 is 3.50. The number of hydrogen-bond donors (Lipinski definition) is 2. The van der Waals surface area contributed by atoms with Gasteiger partial charge in [-0.25, -0.2) is 4.98 Å². The number of rotatable bonds is 8. The SMILES string of the molecule is CCNC(=NCCc1ccc(-c2csc(C)n2)s1)NCCc1ccccn1.I. The number of aliphatic imine (C=N–C) groups is 1. The summed E-state index contributed by atoms with van der Waals surface area (Å²) in [6.45, 7) is 6.55. The van der Waals surface area contributed by atoms with Crippen LogP contribution in [0.4, 0.5) is 0 Å². The molecule has 3 rings (SSSR count). The molecule has 0 aliphatic rings. The number of hydrogen-bond acceptors (Lipinski definition) is 5. The average molecular weight is 528 g/mol. The minimum Gasteiger partial charge on any atom is -0.357 e. The predicted octanol–water partition coefficient (Wildman–Crippen LogP) is 4.53. The van der Waals surface area contributed by atoms with E-state index in [2.05, 4.69) is 45.0 Å². The van der Waals surface area contributed by atoms with Gasteiger partial charge in [-0.3, -0.25) is 9.98 Å². The molecule has 0 fully saturated rings. The summed E-state index contributed by atoms with van der Waals surface area (Å²) in [5, 5.41) is 9.92. The Morgan fingerprint density at radius 2 is 2.04 bits per heavy atom. The topological polar surface area (TPSA) is 62.2 Å². The molecule has 0 atom stereocenters. The number of nitrogens with one attached hydrogen (secondary N) is 2. The van der Waals surface area contributed by atoms with Crippen LogP contribution < -0.4 is 10.6 Å². The summed E-state index contributed by atoms with van der Waals surface area (Å²) in [6.07, 6.45) is 3.65. The number of guanidine groups is 1. The molecule has 0 aliphatic heterocycles. The standard InChI is InChI=1S/C20H25N5S2.HI/c1-3-21-20(23-12-9-16-6-4-5-11-22-16)24-13-10-17-7-8-19(27-17)18-14-26-15(2)25-18;/h4-8,11,14H,3,9-10,12-13H2,1-2H3,(H2,21,23,24);1H. The number of pyridine rings is 1. The van der Waals surface area contributed by atoms with E-state index in [1.165, 1.54) is 9.75 Å². The van der Waals surface area contributed by atoms with Gasteiger partial charge in [-0.2, -0.15) is 0 Å². The Bertz CT molecular complexity index is 860. The molecule has 0 radical (unpaired) electrons. The first kappa shape index (κ1) is 22.8. The van der Waals surface area contributed by atoms with Crippen molar-refractivity contribution in [3.8, 4) is 10.6 Å². The molecule has 28 heavy (non-hydrogen) atoms. The van der Waals surface area contributed by atoms with Crippen molar-refractivity contribution in [1.82, 2.24) is 20.6 Å². The van der Waals surface area contributed by atoms with E-state index in [1.807, 2.05) is 31.3 Å². The third-order valence-corrected chi connectivity index (χ3v) is 5.85. The zero-order chi connectivity index (χ0) is 18.9. The highest BCUT2D eigenvalue weighted by atomic mass is 127. The van der Waals surface area contributed by atoms with Crippen LogP contribution in [-0.4, -0.2) is 35.6 Å². The number of aromatic nitrogens is 2. The van der Waals surface area contributed by atoms with Gasteiger partial charge in [0.25, 0.3) is 0 Å². The quantitative estimate of drug-likeness (QED) is 0.257. The average Bonchev–Trinajstić information content (AvgIpc) is 3.31. The van der Waals surface area contributed by atoms with E-state index in [4.69, 9.17) is 4.99 Å². The maximum Gasteiger partial charge on any atom is 0.191 e. The number of nitrogens with zero attached hydrogens (tertiary/aromatic N) is 3. The first-order chi connectivity index (χ1) is 13.2. The van der Waals surface area contributed by atoms with Gasteiger partial charge in [0, 0.05) is 54.6 Å². The second kappa shape index (κ2) is 12.1. The van der Waals surface area contributed by atoms with Crippen LogP contribution in [0.15, 0.2) is 46.9 Å². The zero-order valence-electron chi connectivity index (χ0n) is 16.1. The van der Waals surface area contributed by atoms with Gasteiger partial charge in [0.2, 0.25) is 0 Å². The Balaban J connectivity index is 0.00000280. The lowest BCUT2D eigenvalue weighted by Gasteiger charge is -2.10. The number of thiazole rings is 1. The van der Waals surface area contributed by atoms with E-state index >= 15 is 0 Å². The Morgan fingerprint density at radius 1 is 1.14 bits per heavy atom. The van der Waals surface area contributed by atoms with Crippen LogP contribution in [0.2, 0.25) is 0 Å². The van der Waals surface area contributed by atoms with E-state index in [1.54, 1.807) is 22.7 Å². The summed E-state index contributed by atoms with van der Waals surface area (Å²) in [6, 6.07) is 10.3. The fourth-order valence-electron chi connectivity index (χ4n) is 2.60. The van der Waals surface area contributed by atoms with Crippen molar-refractivity contribution in [2.75, 3.05) is 19.6 Å². The summed E-state index contributed by atoms with van der Waals surface area (Å²) in [5.41, 5.74) is 2.17. The molecule has 0 unspecified atom stereocenters. The van der Waals surface area contributed by atoms with Crippen LogP contribution >= 0.6 is 46.7 Å². The van der Waals surface area contributed by atoms with Crippen LogP contribution in [0.3, 0.4) is 0 Å². The molecule has 5 nitrogen and oxygen atoms in total.